The average Bonchev–Trinajstić information content (AvgIpc) is 2.57. The molecular weight excluding hydrogens is 216 g/mol. The molecule has 0 spiro atoms. The second-order valence-electron chi connectivity index (χ2n) is 5.58. The minimum absolute atomic E-state index is 0.0873. The van der Waals surface area contributed by atoms with Crippen LogP contribution in [-0.4, -0.2) is 22.7 Å². The number of hydrogen-bond acceptors (Lipinski definition) is 3. The molecule has 0 amide bonds. The van der Waals surface area contributed by atoms with Crippen molar-refractivity contribution in [3.8, 4) is 5.75 Å². The highest BCUT2D eigenvalue weighted by Gasteiger charge is 2.26. The smallest absolute Gasteiger partial charge is 0.184 e. The van der Waals surface area contributed by atoms with Crippen LogP contribution in [0.15, 0.2) is 6.20 Å². The van der Waals surface area contributed by atoms with Gasteiger partial charge < -0.3 is 4.74 Å². The van der Waals surface area contributed by atoms with Crippen molar-refractivity contribution in [1.29, 1.82) is 0 Å². The number of aryl methyl sites for hydroxylation is 1. The Morgan fingerprint density at radius 2 is 2.12 bits per heavy atom. The highest BCUT2D eigenvalue weighted by molar-refractivity contribution is 5.97. The second kappa shape index (κ2) is 4.90. The van der Waals surface area contributed by atoms with Crippen LogP contribution in [0.25, 0.3) is 0 Å². The van der Waals surface area contributed by atoms with E-state index in [1.54, 1.807) is 25.0 Å². The van der Waals surface area contributed by atoms with Crippen LogP contribution in [0, 0.1) is 11.3 Å². The number of carbonyl (C=O) groups excluding carboxylic acids is 1. The first-order chi connectivity index (χ1) is 7.77. The van der Waals surface area contributed by atoms with Gasteiger partial charge >= 0.3 is 0 Å². The van der Waals surface area contributed by atoms with Crippen LogP contribution >= 0.6 is 0 Å². The first-order valence-corrected chi connectivity index (χ1v) is 5.86. The molecule has 1 aromatic rings. The van der Waals surface area contributed by atoms with Gasteiger partial charge in [0, 0.05) is 13.5 Å². The fraction of sp³-hybridized carbons (Fsp3) is 0.692. The number of ether oxygens (including phenoxy) is 1. The van der Waals surface area contributed by atoms with Crippen molar-refractivity contribution >= 4 is 5.78 Å². The van der Waals surface area contributed by atoms with Gasteiger partial charge in [0.25, 0.3) is 0 Å². The van der Waals surface area contributed by atoms with Crippen molar-refractivity contribution in [1.82, 2.24) is 9.78 Å². The molecule has 0 radical (unpaired) electrons. The number of nitrogens with zero attached hydrogens (tertiary/aromatic N) is 2. The van der Waals surface area contributed by atoms with Gasteiger partial charge in [-0.05, 0) is 11.3 Å². The van der Waals surface area contributed by atoms with E-state index in [2.05, 4.69) is 32.8 Å². The van der Waals surface area contributed by atoms with Crippen LogP contribution in [0.4, 0.5) is 0 Å². The summed E-state index contributed by atoms with van der Waals surface area (Å²) in [6.07, 6.45) is 2.09. The van der Waals surface area contributed by atoms with E-state index in [4.69, 9.17) is 4.74 Å². The van der Waals surface area contributed by atoms with Crippen LogP contribution in [0.5, 0.6) is 5.75 Å². The van der Waals surface area contributed by atoms with Gasteiger partial charge in [-0.3, -0.25) is 9.48 Å². The number of aromatic nitrogens is 2. The van der Waals surface area contributed by atoms with E-state index in [1.165, 1.54) is 0 Å². The van der Waals surface area contributed by atoms with Gasteiger partial charge in [-0.25, -0.2) is 0 Å². The predicted octanol–water partition coefficient (Wildman–Crippen LogP) is 2.68. The van der Waals surface area contributed by atoms with Gasteiger partial charge in [0.05, 0.1) is 13.3 Å². The van der Waals surface area contributed by atoms with Gasteiger partial charge in [-0.1, -0.05) is 27.7 Å². The van der Waals surface area contributed by atoms with Crippen molar-refractivity contribution in [2.45, 2.75) is 34.1 Å². The van der Waals surface area contributed by atoms with Crippen LogP contribution in [0.3, 0.4) is 0 Å². The van der Waals surface area contributed by atoms with Crippen molar-refractivity contribution in [2.24, 2.45) is 18.4 Å². The van der Waals surface area contributed by atoms with E-state index in [-0.39, 0.29) is 11.2 Å². The van der Waals surface area contributed by atoms with Crippen molar-refractivity contribution in [3.05, 3.63) is 11.9 Å². The SMILES string of the molecule is COc1cnn(C)c1C(=O)CC(C)C(C)(C)C. The Hall–Kier alpha value is -1.32. The van der Waals surface area contributed by atoms with Gasteiger partial charge in [-0.15, -0.1) is 0 Å². The molecule has 0 bridgehead atoms. The minimum atomic E-state index is 0.0873. The van der Waals surface area contributed by atoms with E-state index >= 15 is 0 Å². The summed E-state index contributed by atoms with van der Waals surface area (Å²) in [6, 6.07) is 0. The molecule has 0 aliphatic heterocycles. The summed E-state index contributed by atoms with van der Waals surface area (Å²) in [5.74, 6) is 0.956. The Bertz CT molecular complexity index is 402. The zero-order valence-electron chi connectivity index (χ0n) is 11.6. The molecule has 0 saturated heterocycles. The Kier molecular flexibility index (Phi) is 3.96. The van der Waals surface area contributed by atoms with E-state index < -0.39 is 0 Å². The summed E-state index contributed by atoms with van der Waals surface area (Å²) < 4.78 is 6.73. The predicted molar refractivity (Wildman–Crippen MR) is 67.3 cm³/mol. The van der Waals surface area contributed by atoms with Crippen molar-refractivity contribution in [3.63, 3.8) is 0 Å². The fourth-order valence-electron chi connectivity index (χ4n) is 1.57. The van der Waals surface area contributed by atoms with Crippen molar-refractivity contribution < 1.29 is 9.53 Å². The molecule has 17 heavy (non-hydrogen) atoms. The number of ketones is 1. The number of hydrogen-bond donors (Lipinski definition) is 0. The molecule has 0 aliphatic carbocycles. The molecule has 0 N–H and O–H groups in total. The quantitative estimate of drug-likeness (QED) is 0.757. The van der Waals surface area contributed by atoms with E-state index in [0.29, 0.717) is 23.8 Å². The Morgan fingerprint density at radius 3 is 2.59 bits per heavy atom. The van der Waals surface area contributed by atoms with Gasteiger partial charge in [0.1, 0.15) is 5.69 Å². The van der Waals surface area contributed by atoms with Gasteiger partial charge in [0.15, 0.2) is 11.5 Å². The van der Waals surface area contributed by atoms with Gasteiger partial charge in [-0.2, -0.15) is 5.10 Å². The highest BCUT2D eigenvalue weighted by Crippen LogP contribution is 2.30. The molecule has 4 heteroatoms. The third-order valence-electron chi connectivity index (χ3n) is 3.36. The molecule has 1 heterocycles. The Balaban J connectivity index is 2.87. The Morgan fingerprint density at radius 1 is 1.53 bits per heavy atom. The van der Waals surface area contributed by atoms with Crippen LogP contribution < -0.4 is 4.74 Å². The number of Topliss-reactive ketones (excluding diaryl/α,β-unsaturated/α-hetero) is 1. The van der Waals surface area contributed by atoms with Crippen LogP contribution in [0.2, 0.25) is 0 Å². The summed E-state index contributed by atoms with van der Waals surface area (Å²) in [5, 5.41) is 4.05. The Labute approximate surface area is 103 Å². The third kappa shape index (κ3) is 3.08. The monoisotopic (exact) mass is 238 g/mol. The molecule has 0 fully saturated rings. The molecule has 0 aliphatic rings. The molecule has 4 nitrogen and oxygen atoms in total. The van der Waals surface area contributed by atoms with Gasteiger partial charge in [0.2, 0.25) is 0 Å². The largest absolute Gasteiger partial charge is 0.493 e. The summed E-state index contributed by atoms with van der Waals surface area (Å²) in [6.45, 7) is 8.53. The molecular formula is C13H22N2O2. The number of carbonyl (C=O) groups is 1. The number of methoxy groups -OCH3 is 1. The normalized spacial score (nSPS) is 13.5. The third-order valence-corrected chi connectivity index (χ3v) is 3.36. The fourth-order valence-corrected chi connectivity index (χ4v) is 1.57. The lowest BCUT2D eigenvalue weighted by atomic mass is 9.79. The molecule has 0 aromatic carbocycles. The molecule has 0 saturated carbocycles. The zero-order valence-corrected chi connectivity index (χ0v) is 11.6. The maximum absolute atomic E-state index is 12.2. The zero-order chi connectivity index (χ0) is 13.2. The van der Waals surface area contributed by atoms with Crippen LogP contribution in [-0.2, 0) is 7.05 Å². The first kappa shape index (κ1) is 13.7. The van der Waals surface area contributed by atoms with E-state index in [0.717, 1.165) is 0 Å². The topological polar surface area (TPSA) is 44.1 Å². The maximum Gasteiger partial charge on any atom is 0.184 e. The average molecular weight is 238 g/mol. The van der Waals surface area contributed by atoms with E-state index in [9.17, 15) is 4.79 Å². The lowest BCUT2D eigenvalue weighted by Crippen LogP contribution is -2.21. The highest BCUT2D eigenvalue weighted by atomic mass is 16.5. The number of rotatable bonds is 4. The first-order valence-electron chi connectivity index (χ1n) is 5.86. The molecule has 1 atom stereocenters. The van der Waals surface area contributed by atoms with Crippen molar-refractivity contribution in [2.75, 3.05) is 7.11 Å². The molecule has 96 valence electrons. The lowest BCUT2D eigenvalue weighted by Gasteiger charge is -2.26. The lowest BCUT2D eigenvalue weighted by molar-refractivity contribution is 0.0914. The molecule has 1 aromatic heterocycles. The summed E-state index contributed by atoms with van der Waals surface area (Å²) in [7, 11) is 3.32. The minimum Gasteiger partial charge on any atom is -0.493 e. The van der Waals surface area contributed by atoms with Crippen LogP contribution in [0.1, 0.15) is 44.6 Å². The summed E-state index contributed by atoms with van der Waals surface area (Å²) >= 11 is 0. The standard InChI is InChI=1S/C13H22N2O2/c1-9(13(2,3)4)7-10(16)12-11(17-6)8-14-15(12)5/h8-9H,7H2,1-6H3. The summed E-state index contributed by atoms with van der Waals surface area (Å²) in [4.78, 5) is 12.2. The van der Waals surface area contributed by atoms with E-state index in [1.807, 2.05) is 0 Å². The summed E-state index contributed by atoms with van der Waals surface area (Å²) in [5.41, 5.74) is 0.685. The molecule has 1 unspecified atom stereocenters. The molecule has 1 rings (SSSR count). The second-order valence-corrected chi connectivity index (χ2v) is 5.58. The maximum atomic E-state index is 12.2.